The van der Waals surface area contributed by atoms with E-state index in [0.29, 0.717) is 6.61 Å². The summed E-state index contributed by atoms with van der Waals surface area (Å²) in [5.74, 6) is 0. The maximum atomic E-state index is 6.35. The molecule has 108 valence electrons. The lowest BCUT2D eigenvalue weighted by atomic mass is 9.98. The summed E-state index contributed by atoms with van der Waals surface area (Å²) in [6.07, 6.45) is 3.56. The van der Waals surface area contributed by atoms with Gasteiger partial charge in [0.1, 0.15) is 0 Å². The molecule has 4 heteroatoms. The van der Waals surface area contributed by atoms with Crippen LogP contribution in [0.4, 0.5) is 0 Å². The maximum Gasteiger partial charge on any atom is 0.0975 e. The molecule has 0 aliphatic carbocycles. The zero-order valence-electron chi connectivity index (χ0n) is 12.2. The summed E-state index contributed by atoms with van der Waals surface area (Å²) in [6.45, 7) is 2.67. The first-order valence-corrected chi connectivity index (χ1v) is 7.11. The molecule has 0 aliphatic heterocycles. The molecule has 0 radical (unpaired) electrons. The molecule has 2 N–H and O–H groups in total. The summed E-state index contributed by atoms with van der Waals surface area (Å²) in [7, 11) is 1.96. The number of benzene rings is 1. The topological polar surface area (TPSA) is 53.1 Å². The molecule has 0 spiro atoms. The van der Waals surface area contributed by atoms with E-state index in [1.54, 1.807) is 0 Å². The van der Waals surface area contributed by atoms with E-state index in [-0.39, 0.29) is 12.1 Å². The van der Waals surface area contributed by atoms with Crippen LogP contribution in [0.5, 0.6) is 0 Å². The van der Waals surface area contributed by atoms with Crippen molar-refractivity contribution in [2.75, 3.05) is 6.61 Å². The second kappa shape index (κ2) is 7.22. The van der Waals surface area contributed by atoms with E-state index in [2.05, 4.69) is 17.2 Å². The highest BCUT2D eigenvalue weighted by molar-refractivity contribution is 5.19. The number of hydrogen-bond acceptors (Lipinski definition) is 3. The lowest BCUT2D eigenvalue weighted by molar-refractivity contribution is 0.0412. The molecule has 0 bridgehead atoms. The van der Waals surface area contributed by atoms with Gasteiger partial charge >= 0.3 is 0 Å². The lowest BCUT2D eigenvalue weighted by Crippen LogP contribution is -2.31. The highest BCUT2D eigenvalue weighted by Crippen LogP contribution is 2.22. The Hall–Kier alpha value is -1.65. The van der Waals surface area contributed by atoms with Gasteiger partial charge in [-0.1, -0.05) is 30.3 Å². The second-order valence-corrected chi connectivity index (χ2v) is 4.94. The van der Waals surface area contributed by atoms with E-state index < -0.39 is 0 Å². The Morgan fingerprint density at radius 3 is 2.60 bits per heavy atom. The molecule has 0 amide bonds. The van der Waals surface area contributed by atoms with Crippen molar-refractivity contribution >= 4 is 0 Å². The molecule has 0 saturated heterocycles. The molecule has 2 unspecified atom stereocenters. The molecule has 0 saturated carbocycles. The molecule has 0 aliphatic rings. The Morgan fingerprint density at radius 1 is 1.25 bits per heavy atom. The van der Waals surface area contributed by atoms with Gasteiger partial charge in [-0.25, -0.2) is 0 Å². The largest absolute Gasteiger partial charge is 0.372 e. The quantitative estimate of drug-likeness (QED) is 0.843. The van der Waals surface area contributed by atoms with Gasteiger partial charge in [0.2, 0.25) is 0 Å². The van der Waals surface area contributed by atoms with E-state index in [9.17, 15) is 0 Å². The van der Waals surface area contributed by atoms with Crippen molar-refractivity contribution in [2.45, 2.75) is 31.9 Å². The molecule has 0 fully saturated rings. The molecular formula is C16H23N3O. The Kier molecular flexibility index (Phi) is 5.32. The fourth-order valence-electron chi connectivity index (χ4n) is 2.40. The van der Waals surface area contributed by atoms with E-state index in [4.69, 9.17) is 10.5 Å². The molecule has 1 aromatic heterocycles. The number of aryl methyl sites for hydroxylation is 2. The third-order valence-corrected chi connectivity index (χ3v) is 3.52. The van der Waals surface area contributed by atoms with E-state index in [1.807, 2.05) is 49.1 Å². The molecule has 4 nitrogen and oxygen atoms in total. The predicted molar refractivity (Wildman–Crippen MR) is 80.3 cm³/mol. The van der Waals surface area contributed by atoms with Crippen molar-refractivity contribution in [1.82, 2.24) is 9.78 Å². The van der Waals surface area contributed by atoms with Gasteiger partial charge in [-0.3, -0.25) is 4.68 Å². The SMILES string of the molecule is CCOC(c1ccccc1)C(N)CCc1ccnn1C. The monoisotopic (exact) mass is 273 g/mol. The maximum absolute atomic E-state index is 6.35. The number of aromatic nitrogens is 2. The Morgan fingerprint density at radius 2 is 2.00 bits per heavy atom. The number of nitrogens with two attached hydrogens (primary N) is 1. The van der Waals surface area contributed by atoms with Crippen molar-refractivity contribution in [2.24, 2.45) is 12.8 Å². The fourth-order valence-corrected chi connectivity index (χ4v) is 2.40. The summed E-state index contributed by atoms with van der Waals surface area (Å²) in [5.41, 5.74) is 8.69. The highest BCUT2D eigenvalue weighted by Gasteiger charge is 2.20. The van der Waals surface area contributed by atoms with Crippen LogP contribution in [0.1, 0.15) is 30.7 Å². The van der Waals surface area contributed by atoms with Gasteiger partial charge in [0.05, 0.1) is 6.10 Å². The van der Waals surface area contributed by atoms with Gasteiger partial charge in [-0.2, -0.15) is 5.10 Å². The van der Waals surface area contributed by atoms with Gasteiger partial charge in [-0.15, -0.1) is 0 Å². The van der Waals surface area contributed by atoms with Crippen LogP contribution in [0.25, 0.3) is 0 Å². The lowest BCUT2D eigenvalue weighted by Gasteiger charge is -2.24. The first-order chi connectivity index (χ1) is 9.72. The first kappa shape index (κ1) is 14.8. The molecule has 20 heavy (non-hydrogen) atoms. The fraction of sp³-hybridized carbons (Fsp3) is 0.438. The van der Waals surface area contributed by atoms with Gasteiger partial charge in [-0.05, 0) is 31.4 Å². The van der Waals surface area contributed by atoms with Gasteiger partial charge in [0, 0.05) is 31.6 Å². The van der Waals surface area contributed by atoms with Crippen LogP contribution in [0, 0.1) is 0 Å². The average Bonchev–Trinajstić information content (AvgIpc) is 2.88. The number of rotatable bonds is 7. The second-order valence-electron chi connectivity index (χ2n) is 4.94. The first-order valence-electron chi connectivity index (χ1n) is 7.11. The minimum atomic E-state index is -0.0468. The summed E-state index contributed by atoms with van der Waals surface area (Å²) in [6, 6.07) is 12.2. The summed E-state index contributed by atoms with van der Waals surface area (Å²) in [4.78, 5) is 0. The minimum absolute atomic E-state index is 0.0211. The standard InChI is InChI=1S/C16H23N3O/c1-3-20-16(13-7-5-4-6-8-13)15(17)10-9-14-11-12-18-19(14)2/h4-8,11-12,15-16H,3,9-10,17H2,1-2H3. The van der Waals surface area contributed by atoms with Gasteiger partial charge in [0.15, 0.2) is 0 Å². The normalized spacial score (nSPS) is 14.2. The smallest absolute Gasteiger partial charge is 0.0975 e. The van der Waals surface area contributed by atoms with Crippen molar-refractivity contribution in [3.8, 4) is 0 Å². The molecule has 1 heterocycles. The van der Waals surface area contributed by atoms with Gasteiger partial charge < -0.3 is 10.5 Å². The number of nitrogens with zero attached hydrogens (tertiary/aromatic N) is 2. The van der Waals surface area contributed by atoms with Crippen molar-refractivity contribution in [3.05, 3.63) is 53.9 Å². The zero-order chi connectivity index (χ0) is 14.4. The van der Waals surface area contributed by atoms with Crippen LogP contribution in [-0.4, -0.2) is 22.4 Å². The molecular weight excluding hydrogens is 250 g/mol. The van der Waals surface area contributed by atoms with Crippen LogP contribution in [-0.2, 0) is 18.2 Å². The van der Waals surface area contributed by atoms with Crippen LogP contribution >= 0.6 is 0 Å². The molecule has 2 atom stereocenters. The third kappa shape index (κ3) is 3.68. The Bertz CT molecular complexity index is 509. The molecule has 2 aromatic rings. The summed E-state index contributed by atoms with van der Waals surface area (Å²) in [5, 5.41) is 4.18. The number of ether oxygens (including phenoxy) is 1. The summed E-state index contributed by atoms with van der Waals surface area (Å²) < 4.78 is 7.74. The molecule has 2 rings (SSSR count). The average molecular weight is 273 g/mol. The Labute approximate surface area is 120 Å². The summed E-state index contributed by atoms with van der Waals surface area (Å²) >= 11 is 0. The van der Waals surface area contributed by atoms with Crippen LogP contribution in [0.2, 0.25) is 0 Å². The van der Waals surface area contributed by atoms with Crippen molar-refractivity contribution in [1.29, 1.82) is 0 Å². The third-order valence-electron chi connectivity index (χ3n) is 3.52. The van der Waals surface area contributed by atoms with E-state index >= 15 is 0 Å². The predicted octanol–water partition coefficient (Wildman–Crippen LogP) is 2.46. The Balaban J connectivity index is 2.00. The van der Waals surface area contributed by atoms with Crippen molar-refractivity contribution < 1.29 is 4.74 Å². The van der Waals surface area contributed by atoms with Crippen LogP contribution in [0.3, 0.4) is 0 Å². The van der Waals surface area contributed by atoms with Crippen molar-refractivity contribution in [3.63, 3.8) is 0 Å². The van der Waals surface area contributed by atoms with Crippen LogP contribution < -0.4 is 5.73 Å². The minimum Gasteiger partial charge on any atom is -0.372 e. The van der Waals surface area contributed by atoms with Gasteiger partial charge in [0.25, 0.3) is 0 Å². The van der Waals surface area contributed by atoms with Crippen LogP contribution in [0.15, 0.2) is 42.6 Å². The van der Waals surface area contributed by atoms with E-state index in [0.717, 1.165) is 18.4 Å². The highest BCUT2D eigenvalue weighted by atomic mass is 16.5. The number of hydrogen-bond donors (Lipinski definition) is 1. The zero-order valence-corrected chi connectivity index (χ0v) is 12.2. The molecule has 1 aromatic carbocycles. The van der Waals surface area contributed by atoms with E-state index in [1.165, 1.54) is 5.69 Å².